The number of amides is 1. The Labute approximate surface area is 173 Å². The number of carbonyl (C=O) groups is 1. The minimum atomic E-state index is -0.0953. The van der Waals surface area contributed by atoms with Gasteiger partial charge in [-0.05, 0) is 44.0 Å². The van der Waals surface area contributed by atoms with Crippen molar-refractivity contribution < 1.29 is 9.53 Å². The van der Waals surface area contributed by atoms with E-state index in [1.165, 1.54) is 0 Å². The number of hydrogen-bond donors (Lipinski definition) is 1. The van der Waals surface area contributed by atoms with Gasteiger partial charge in [-0.1, -0.05) is 24.3 Å². The molecule has 1 unspecified atom stereocenters. The summed E-state index contributed by atoms with van der Waals surface area (Å²) in [6.07, 6.45) is 2.52. The number of aromatic nitrogens is 1. The summed E-state index contributed by atoms with van der Waals surface area (Å²) in [7, 11) is 0. The topological polar surface area (TPSA) is 51.2 Å². The number of thioether (sulfide) groups is 1. The first-order valence-corrected chi connectivity index (χ1v) is 11.2. The van der Waals surface area contributed by atoms with E-state index in [9.17, 15) is 4.79 Å². The van der Waals surface area contributed by atoms with E-state index < -0.39 is 0 Å². The van der Waals surface area contributed by atoms with Gasteiger partial charge in [-0.2, -0.15) is 0 Å². The second-order valence-electron chi connectivity index (χ2n) is 6.73. The van der Waals surface area contributed by atoms with E-state index in [0.29, 0.717) is 11.7 Å². The minimum Gasteiger partial charge on any atom is -0.377 e. The highest BCUT2D eigenvalue weighted by atomic mass is 32.2. The van der Waals surface area contributed by atoms with Crippen LogP contribution in [0.5, 0.6) is 0 Å². The smallest absolute Gasteiger partial charge is 0.256 e. The summed E-state index contributed by atoms with van der Waals surface area (Å²) in [4.78, 5) is 18.4. The fourth-order valence-electron chi connectivity index (χ4n) is 3.19. The summed E-state index contributed by atoms with van der Waals surface area (Å²) in [5, 5.41) is 6.10. The lowest BCUT2D eigenvalue weighted by molar-refractivity contribution is 0.102. The molecule has 0 aliphatic carbocycles. The van der Waals surface area contributed by atoms with Crippen LogP contribution in [-0.4, -0.2) is 29.4 Å². The summed E-state index contributed by atoms with van der Waals surface area (Å²) in [6, 6.07) is 15.6. The first kappa shape index (κ1) is 19.2. The first-order valence-electron chi connectivity index (χ1n) is 9.36. The first-order chi connectivity index (χ1) is 13.7. The predicted molar refractivity (Wildman–Crippen MR) is 116 cm³/mol. The second kappa shape index (κ2) is 8.90. The SMILES string of the molecule is Cc1nc(-c2cccc(NC(=O)c3ccccc3SCC3CCCO3)c2)cs1. The molecule has 0 spiro atoms. The number of anilines is 1. The van der Waals surface area contributed by atoms with Gasteiger partial charge in [-0.3, -0.25) is 4.79 Å². The van der Waals surface area contributed by atoms with Crippen LogP contribution in [0.15, 0.2) is 58.8 Å². The lowest BCUT2D eigenvalue weighted by atomic mass is 10.1. The van der Waals surface area contributed by atoms with Crippen molar-refractivity contribution in [3.63, 3.8) is 0 Å². The molecule has 0 saturated carbocycles. The molecule has 4 nitrogen and oxygen atoms in total. The molecule has 1 fully saturated rings. The number of rotatable bonds is 6. The minimum absolute atomic E-state index is 0.0953. The predicted octanol–water partition coefficient (Wildman–Crippen LogP) is 5.64. The zero-order valence-corrected chi connectivity index (χ0v) is 17.3. The van der Waals surface area contributed by atoms with Gasteiger partial charge in [0.25, 0.3) is 5.91 Å². The highest BCUT2D eigenvalue weighted by molar-refractivity contribution is 7.99. The Bertz CT molecular complexity index is 964. The Morgan fingerprint density at radius 3 is 2.96 bits per heavy atom. The van der Waals surface area contributed by atoms with Crippen molar-refractivity contribution in [3.8, 4) is 11.3 Å². The van der Waals surface area contributed by atoms with Crippen LogP contribution in [0.2, 0.25) is 0 Å². The molecule has 0 bridgehead atoms. The average molecular weight is 411 g/mol. The molecule has 1 N–H and O–H groups in total. The summed E-state index contributed by atoms with van der Waals surface area (Å²) >= 11 is 3.31. The Balaban J connectivity index is 1.48. The molecule has 1 aliphatic heterocycles. The third-order valence-corrected chi connectivity index (χ3v) is 6.59. The molecule has 1 amide bonds. The average Bonchev–Trinajstić information content (AvgIpc) is 3.38. The molecule has 0 radical (unpaired) electrons. The van der Waals surface area contributed by atoms with E-state index >= 15 is 0 Å². The molecule has 28 heavy (non-hydrogen) atoms. The number of ether oxygens (including phenoxy) is 1. The van der Waals surface area contributed by atoms with Gasteiger partial charge in [0, 0.05) is 33.9 Å². The highest BCUT2D eigenvalue weighted by Gasteiger charge is 2.18. The molecule has 144 valence electrons. The van der Waals surface area contributed by atoms with Crippen LogP contribution >= 0.6 is 23.1 Å². The van der Waals surface area contributed by atoms with E-state index in [-0.39, 0.29) is 5.91 Å². The molecule has 2 aromatic carbocycles. The van der Waals surface area contributed by atoms with Crippen LogP contribution < -0.4 is 5.32 Å². The number of aryl methyl sites for hydroxylation is 1. The molecule has 6 heteroatoms. The van der Waals surface area contributed by atoms with Gasteiger partial charge in [0.15, 0.2) is 0 Å². The van der Waals surface area contributed by atoms with Gasteiger partial charge < -0.3 is 10.1 Å². The van der Waals surface area contributed by atoms with Crippen molar-refractivity contribution >= 4 is 34.7 Å². The zero-order valence-electron chi connectivity index (χ0n) is 15.7. The maximum atomic E-state index is 12.9. The Hall–Kier alpha value is -2.15. The lowest BCUT2D eigenvalue weighted by Gasteiger charge is -2.13. The fraction of sp³-hybridized carbons (Fsp3) is 0.273. The molecular weight excluding hydrogens is 388 g/mol. The molecule has 3 aromatic rings. The summed E-state index contributed by atoms with van der Waals surface area (Å²) in [6.45, 7) is 2.84. The largest absolute Gasteiger partial charge is 0.377 e. The maximum Gasteiger partial charge on any atom is 0.256 e. The van der Waals surface area contributed by atoms with Gasteiger partial charge in [0.1, 0.15) is 0 Å². The number of carbonyl (C=O) groups excluding carboxylic acids is 1. The highest BCUT2D eigenvalue weighted by Crippen LogP contribution is 2.28. The number of nitrogens with zero attached hydrogens (tertiary/aromatic N) is 1. The number of thiazole rings is 1. The van der Waals surface area contributed by atoms with E-state index in [1.807, 2.05) is 60.8 Å². The summed E-state index contributed by atoms with van der Waals surface area (Å²) in [5.41, 5.74) is 3.40. The van der Waals surface area contributed by atoms with Crippen LogP contribution in [0, 0.1) is 6.92 Å². The Morgan fingerprint density at radius 2 is 2.18 bits per heavy atom. The van der Waals surface area contributed by atoms with Gasteiger partial charge in [0.2, 0.25) is 0 Å². The van der Waals surface area contributed by atoms with Gasteiger partial charge in [-0.15, -0.1) is 23.1 Å². The van der Waals surface area contributed by atoms with Crippen molar-refractivity contribution in [1.29, 1.82) is 0 Å². The quantitative estimate of drug-likeness (QED) is 0.534. The van der Waals surface area contributed by atoms with Crippen molar-refractivity contribution in [2.45, 2.75) is 30.8 Å². The fourth-order valence-corrected chi connectivity index (χ4v) is 4.93. The van der Waals surface area contributed by atoms with Crippen molar-refractivity contribution in [2.75, 3.05) is 17.7 Å². The number of nitrogens with one attached hydrogen (secondary N) is 1. The van der Waals surface area contributed by atoms with Crippen molar-refractivity contribution in [1.82, 2.24) is 4.98 Å². The van der Waals surface area contributed by atoms with Crippen LogP contribution in [0.3, 0.4) is 0 Å². The van der Waals surface area contributed by atoms with Crippen molar-refractivity contribution in [3.05, 3.63) is 64.5 Å². The van der Waals surface area contributed by atoms with Crippen LogP contribution in [0.4, 0.5) is 5.69 Å². The van der Waals surface area contributed by atoms with Crippen LogP contribution in [0.1, 0.15) is 28.2 Å². The van der Waals surface area contributed by atoms with Gasteiger partial charge in [-0.25, -0.2) is 4.98 Å². The van der Waals surface area contributed by atoms with Gasteiger partial charge >= 0.3 is 0 Å². The van der Waals surface area contributed by atoms with E-state index in [4.69, 9.17) is 4.74 Å². The third-order valence-electron chi connectivity index (χ3n) is 4.62. The molecule has 1 saturated heterocycles. The van der Waals surface area contributed by atoms with E-state index in [1.54, 1.807) is 23.1 Å². The normalized spacial score (nSPS) is 16.2. The molecular formula is C22H22N2O2S2. The third kappa shape index (κ3) is 4.63. The molecule has 4 rings (SSSR count). The maximum absolute atomic E-state index is 12.9. The molecule has 1 aromatic heterocycles. The summed E-state index contributed by atoms with van der Waals surface area (Å²) < 4.78 is 5.70. The van der Waals surface area contributed by atoms with E-state index in [2.05, 4.69) is 10.3 Å². The van der Waals surface area contributed by atoms with Crippen LogP contribution in [-0.2, 0) is 4.74 Å². The number of hydrogen-bond acceptors (Lipinski definition) is 5. The number of benzene rings is 2. The summed E-state index contributed by atoms with van der Waals surface area (Å²) in [5.74, 6) is 0.783. The monoisotopic (exact) mass is 410 g/mol. The molecule has 1 aliphatic rings. The standard InChI is InChI=1S/C22H22N2O2S2/c1-15-23-20(14-27-15)16-6-4-7-17(12-16)24-22(25)19-9-2-3-10-21(19)28-13-18-8-5-11-26-18/h2-4,6-7,9-10,12,14,18H,5,8,11,13H2,1H3,(H,24,25). The van der Waals surface area contributed by atoms with Crippen LogP contribution in [0.25, 0.3) is 11.3 Å². The second-order valence-corrected chi connectivity index (χ2v) is 8.85. The molecule has 1 atom stereocenters. The van der Waals surface area contributed by atoms with Gasteiger partial charge in [0.05, 0.1) is 22.4 Å². The Kier molecular flexibility index (Phi) is 6.10. The molecule has 2 heterocycles. The Morgan fingerprint density at radius 1 is 1.29 bits per heavy atom. The van der Waals surface area contributed by atoms with Crippen molar-refractivity contribution in [2.24, 2.45) is 0 Å². The lowest BCUT2D eigenvalue weighted by Crippen LogP contribution is -2.14. The zero-order chi connectivity index (χ0) is 19.3. The van der Waals surface area contributed by atoms with E-state index in [0.717, 1.165) is 52.0 Å².